The van der Waals surface area contributed by atoms with Gasteiger partial charge in [-0.25, -0.2) is 0 Å². The van der Waals surface area contributed by atoms with E-state index in [2.05, 4.69) is 5.32 Å². The number of aromatic nitrogens is 1. The third-order valence-corrected chi connectivity index (χ3v) is 4.41. The topological polar surface area (TPSA) is 67.0 Å². The Morgan fingerprint density at radius 2 is 2.17 bits per heavy atom. The number of nitrogens with zero attached hydrogens (tertiary/aromatic N) is 2. The van der Waals surface area contributed by atoms with Crippen LogP contribution in [0.5, 0.6) is 0 Å². The molecule has 0 atom stereocenters. The van der Waals surface area contributed by atoms with Crippen molar-refractivity contribution < 1.29 is 17.9 Å². The molecular formula is C14H11ClF3N3O2S. The molecule has 5 nitrogen and oxygen atoms in total. The lowest BCUT2D eigenvalue weighted by Crippen LogP contribution is -2.17. The number of alkyl halides is 3. The van der Waals surface area contributed by atoms with E-state index in [-0.39, 0.29) is 28.7 Å². The van der Waals surface area contributed by atoms with Crippen LogP contribution in [0.4, 0.5) is 23.9 Å². The SMILES string of the molecule is COCCn1sc(Nc2c(Cl)cccc2C(F)(F)F)c(C#N)c1=O. The molecule has 0 aliphatic rings. The highest BCUT2D eigenvalue weighted by molar-refractivity contribution is 7.11. The average Bonchev–Trinajstić information content (AvgIpc) is 2.81. The number of halogens is 4. The van der Waals surface area contributed by atoms with Crippen LogP contribution >= 0.6 is 23.1 Å². The van der Waals surface area contributed by atoms with Gasteiger partial charge in [-0.3, -0.25) is 8.75 Å². The number of nitrogens with one attached hydrogen (secondary N) is 1. The Kier molecular flexibility index (Phi) is 5.54. The fraction of sp³-hybridized carbons (Fsp3) is 0.286. The van der Waals surface area contributed by atoms with Crippen LogP contribution in [0.1, 0.15) is 11.1 Å². The van der Waals surface area contributed by atoms with Crippen molar-refractivity contribution in [3.8, 4) is 6.07 Å². The zero-order valence-corrected chi connectivity index (χ0v) is 13.8. The van der Waals surface area contributed by atoms with Crippen LogP contribution < -0.4 is 10.9 Å². The summed E-state index contributed by atoms with van der Waals surface area (Å²) in [7, 11) is 1.45. The highest BCUT2D eigenvalue weighted by Gasteiger charge is 2.34. The molecule has 1 aromatic heterocycles. The average molecular weight is 378 g/mol. The summed E-state index contributed by atoms with van der Waals surface area (Å²) in [5.41, 5.74) is -2.25. The largest absolute Gasteiger partial charge is 0.418 e. The van der Waals surface area contributed by atoms with E-state index in [0.29, 0.717) is 0 Å². The lowest BCUT2D eigenvalue weighted by atomic mass is 10.1. The minimum atomic E-state index is -4.64. The predicted molar refractivity (Wildman–Crippen MR) is 84.9 cm³/mol. The van der Waals surface area contributed by atoms with Gasteiger partial charge in [-0.05, 0) is 23.7 Å². The summed E-state index contributed by atoms with van der Waals surface area (Å²) in [6.07, 6.45) is -4.64. The van der Waals surface area contributed by atoms with E-state index < -0.39 is 23.0 Å². The number of methoxy groups -OCH3 is 1. The van der Waals surface area contributed by atoms with Gasteiger partial charge in [-0.15, -0.1) is 0 Å². The number of rotatable bonds is 5. The zero-order chi connectivity index (χ0) is 17.9. The normalized spacial score (nSPS) is 11.3. The Bertz CT molecular complexity index is 839. The second kappa shape index (κ2) is 7.25. The number of ether oxygens (including phenoxy) is 1. The molecule has 0 fully saturated rings. The molecule has 10 heteroatoms. The summed E-state index contributed by atoms with van der Waals surface area (Å²) in [5.74, 6) is 0. The first-order valence-corrected chi connectivity index (χ1v) is 7.70. The molecule has 0 aliphatic carbocycles. The molecular weight excluding hydrogens is 367 g/mol. The van der Waals surface area contributed by atoms with Crippen molar-refractivity contribution >= 4 is 33.8 Å². The van der Waals surface area contributed by atoms with Crippen LogP contribution in [0.25, 0.3) is 0 Å². The number of hydrogen-bond donors (Lipinski definition) is 1. The second-order valence-corrected chi connectivity index (χ2v) is 6.03. The van der Waals surface area contributed by atoms with E-state index in [4.69, 9.17) is 21.6 Å². The van der Waals surface area contributed by atoms with E-state index >= 15 is 0 Å². The lowest BCUT2D eigenvalue weighted by molar-refractivity contribution is -0.136. The highest BCUT2D eigenvalue weighted by atomic mass is 35.5. The molecule has 0 saturated heterocycles. The van der Waals surface area contributed by atoms with E-state index in [1.165, 1.54) is 23.2 Å². The molecule has 128 valence electrons. The Labute approximate surface area is 144 Å². The molecule has 1 N–H and O–H groups in total. The van der Waals surface area contributed by atoms with Crippen LogP contribution in [-0.2, 0) is 17.5 Å². The number of nitriles is 1. The fourth-order valence-corrected chi connectivity index (χ4v) is 3.08. The lowest BCUT2D eigenvalue weighted by Gasteiger charge is -2.15. The van der Waals surface area contributed by atoms with Crippen molar-refractivity contribution in [2.24, 2.45) is 0 Å². The number of anilines is 2. The number of para-hydroxylation sites is 1. The monoisotopic (exact) mass is 377 g/mol. The van der Waals surface area contributed by atoms with Gasteiger partial charge in [0.1, 0.15) is 11.1 Å². The maximum atomic E-state index is 13.1. The maximum absolute atomic E-state index is 13.1. The Hall–Kier alpha value is -2.02. The molecule has 0 bridgehead atoms. The van der Waals surface area contributed by atoms with Crippen molar-refractivity contribution in [1.82, 2.24) is 3.96 Å². The number of benzene rings is 1. The van der Waals surface area contributed by atoms with Gasteiger partial charge < -0.3 is 10.1 Å². The van der Waals surface area contributed by atoms with Gasteiger partial charge in [0.05, 0.1) is 29.4 Å². The Balaban J connectivity index is 2.50. The van der Waals surface area contributed by atoms with Gasteiger partial charge in [0, 0.05) is 7.11 Å². The smallest absolute Gasteiger partial charge is 0.383 e. The molecule has 2 aromatic rings. The molecule has 0 spiro atoms. The zero-order valence-electron chi connectivity index (χ0n) is 12.3. The molecule has 24 heavy (non-hydrogen) atoms. The van der Waals surface area contributed by atoms with Gasteiger partial charge in [0.2, 0.25) is 0 Å². The van der Waals surface area contributed by atoms with Crippen LogP contribution in [-0.4, -0.2) is 17.7 Å². The van der Waals surface area contributed by atoms with Crippen molar-refractivity contribution in [3.05, 3.63) is 44.7 Å². The first-order chi connectivity index (χ1) is 11.3. The van der Waals surface area contributed by atoms with E-state index in [1.807, 2.05) is 0 Å². The molecule has 0 radical (unpaired) electrons. The van der Waals surface area contributed by atoms with Crippen LogP contribution in [0.15, 0.2) is 23.0 Å². The minimum Gasteiger partial charge on any atom is -0.383 e. The van der Waals surface area contributed by atoms with Crippen LogP contribution in [0, 0.1) is 11.3 Å². The number of hydrogen-bond acceptors (Lipinski definition) is 5. The third kappa shape index (κ3) is 3.72. The first kappa shape index (κ1) is 18.3. The molecule has 0 saturated carbocycles. The summed E-state index contributed by atoms with van der Waals surface area (Å²) in [6, 6.07) is 5.04. The van der Waals surface area contributed by atoms with Crippen molar-refractivity contribution in [1.29, 1.82) is 5.26 Å². The van der Waals surface area contributed by atoms with E-state index in [9.17, 15) is 18.0 Å². The van der Waals surface area contributed by atoms with Crippen LogP contribution in [0.2, 0.25) is 5.02 Å². The van der Waals surface area contributed by atoms with Crippen molar-refractivity contribution in [3.63, 3.8) is 0 Å². The quantitative estimate of drug-likeness (QED) is 0.859. The van der Waals surface area contributed by atoms with Gasteiger partial charge in [-0.1, -0.05) is 17.7 Å². The standard InChI is InChI=1S/C14H11ClF3N3O2S/c1-23-6-5-21-13(22)8(7-19)12(24-21)20-11-9(14(16,17)18)3-2-4-10(11)15/h2-4,20H,5-6H2,1H3. The Morgan fingerprint density at radius 3 is 2.75 bits per heavy atom. The molecule has 1 aromatic carbocycles. The molecule has 0 aliphatic heterocycles. The molecule has 2 rings (SSSR count). The summed E-state index contributed by atoms with van der Waals surface area (Å²) in [4.78, 5) is 12.1. The summed E-state index contributed by atoms with van der Waals surface area (Å²) in [5, 5.41) is 11.4. The highest BCUT2D eigenvalue weighted by Crippen LogP contribution is 2.40. The fourth-order valence-electron chi connectivity index (χ4n) is 1.93. The maximum Gasteiger partial charge on any atom is 0.418 e. The van der Waals surface area contributed by atoms with Gasteiger partial charge in [0.25, 0.3) is 5.56 Å². The third-order valence-electron chi connectivity index (χ3n) is 3.04. The van der Waals surface area contributed by atoms with Gasteiger partial charge in [0.15, 0.2) is 5.56 Å². The van der Waals surface area contributed by atoms with Crippen molar-refractivity contribution in [2.45, 2.75) is 12.7 Å². The molecule has 1 heterocycles. The van der Waals surface area contributed by atoms with E-state index in [1.54, 1.807) is 6.07 Å². The first-order valence-electron chi connectivity index (χ1n) is 6.55. The summed E-state index contributed by atoms with van der Waals surface area (Å²) < 4.78 is 45.5. The second-order valence-electron chi connectivity index (χ2n) is 4.59. The van der Waals surface area contributed by atoms with E-state index in [0.717, 1.165) is 17.6 Å². The minimum absolute atomic E-state index is 0.00259. The Morgan fingerprint density at radius 1 is 1.46 bits per heavy atom. The van der Waals surface area contributed by atoms with Crippen molar-refractivity contribution in [2.75, 3.05) is 19.0 Å². The molecule has 0 amide bonds. The van der Waals surface area contributed by atoms with Crippen LogP contribution in [0.3, 0.4) is 0 Å². The summed E-state index contributed by atoms with van der Waals surface area (Å²) in [6.45, 7) is 0.412. The molecule has 0 unspecified atom stereocenters. The predicted octanol–water partition coefficient (Wildman–Crippen LogP) is 3.84. The summed E-state index contributed by atoms with van der Waals surface area (Å²) >= 11 is 6.70. The van der Waals surface area contributed by atoms with Gasteiger partial charge >= 0.3 is 6.18 Å². The van der Waals surface area contributed by atoms with Gasteiger partial charge in [-0.2, -0.15) is 18.4 Å².